The van der Waals surface area contributed by atoms with E-state index in [1.165, 1.54) is 6.07 Å². The van der Waals surface area contributed by atoms with Crippen LogP contribution in [0.3, 0.4) is 0 Å². The highest BCUT2D eigenvalue weighted by Gasteiger charge is 2.29. The van der Waals surface area contributed by atoms with Gasteiger partial charge < -0.3 is 4.90 Å². The molecule has 17 heavy (non-hydrogen) atoms. The Bertz CT molecular complexity index is 492. The van der Waals surface area contributed by atoms with Crippen molar-refractivity contribution < 1.29 is 9.72 Å². The van der Waals surface area contributed by atoms with Crippen LogP contribution in [-0.2, 0) is 4.79 Å². The minimum absolute atomic E-state index is 0.00390. The molecule has 0 saturated carbocycles. The van der Waals surface area contributed by atoms with Gasteiger partial charge in [-0.3, -0.25) is 14.9 Å². The molecule has 7 heteroatoms. The van der Waals surface area contributed by atoms with Crippen LogP contribution < -0.4 is 4.90 Å². The van der Waals surface area contributed by atoms with Crippen molar-refractivity contribution in [1.29, 1.82) is 0 Å². The van der Waals surface area contributed by atoms with Crippen molar-refractivity contribution in [3.05, 3.63) is 32.8 Å². The highest BCUT2D eigenvalue weighted by atomic mass is 79.9. The first kappa shape index (κ1) is 12.5. The number of hydrogen-bond donors (Lipinski definition) is 0. The molecule has 1 saturated heterocycles. The molecule has 1 aliphatic heterocycles. The molecular formula is C10H8Br2N2O3. The zero-order valence-electron chi connectivity index (χ0n) is 8.60. The Kier molecular flexibility index (Phi) is 3.48. The molecule has 1 aromatic carbocycles. The third-order valence-corrected chi connectivity index (χ3v) is 3.77. The third-order valence-electron chi connectivity index (χ3n) is 2.52. The van der Waals surface area contributed by atoms with Gasteiger partial charge in [0.25, 0.3) is 5.69 Å². The number of benzene rings is 1. The first-order valence-corrected chi connectivity index (χ1v) is 6.58. The van der Waals surface area contributed by atoms with Crippen molar-refractivity contribution in [3.8, 4) is 0 Å². The summed E-state index contributed by atoms with van der Waals surface area (Å²) in [5.41, 5.74) is 0.671. The summed E-state index contributed by atoms with van der Waals surface area (Å²) in [5.74, 6) is 0.0210. The van der Waals surface area contributed by atoms with Crippen molar-refractivity contribution in [2.45, 2.75) is 11.2 Å². The summed E-state index contributed by atoms with van der Waals surface area (Å²) in [4.78, 5) is 23.6. The fraction of sp³-hybridized carbons (Fsp3) is 0.300. The van der Waals surface area contributed by atoms with E-state index in [-0.39, 0.29) is 16.4 Å². The van der Waals surface area contributed by atoms with E-state index in [0.29, 0.717) is 23.1 Å². The summed E-state index contributed by atoms with van der Waals surface area (Å²) >= 11 is 6.53. The van der Waals surface area contributed by atoms with E-state index in [9.17, 15) is 14.9 Å². The van der Waals surface area contributed by atoms with Crippen molar-refractivity contribution in [2.75, 3.05) is 11.4 Å². The zero-order chi connectivity index (χ0) is 12.6. The maximum absolute atomic E-state index is 11.7. The average molecular weight is 364 g/mol. The Morgan fingerprint density at radius 2 is 2.18 bits per heavy atom. The van der Waals surface area contributed by atoms with E-state index in [4.69, 9.17) is 0 Å². The number of hydrogen-bond acceptors (Lipinski definition) is 3. The highest BCUT2D eigenvalue weighted by Crippen LogP contribution is 2.32. The summed E-state index contributed by atoms with van der Waals surface area (Å²) in [6.07, 6.45) is 0.453. The number of rotatable bonds is 2. The Morgan fingerprint density at radius 3 is 2.65 bits per heavy atom. The van der Waals surface area contributed by atoms with Crippen LogP contribution in [0.1, 0.15) is 6.42 Å². The van der Waals surface area contributed by atoms with Gasteiger partial charge in [-0.05, 0) is 28.1 Å². The molecule has 0 spiro atoms. The lowest BCUT2D eigenvalue weighted by Crippen LogP contribution is -2.24. The van der Waals surface area contributed by atoms with E-state index < -0.39 is 4.92 Å². The maximum atomic E-state index is 11.7. The van der Waals surface area contributed by atoms with E-state index in [2.05, 4.69) is 31.9 Å². The van der Waals surface area contributed by atoms with E-state index in [0.717, 1.165) is 0 Å². The Labute approximate surface area is 114 Å². The number of alkyl halides is 1. The van der Waals surface area contributed by atoms with Crippen molar-refractivity contribution >= 4 is 49.1 Å². The van der Waals surface area contributed by atoms with Gasteiger partial charge >= 0.3 is 0 Å². The van der Waals surface area contributed by atoms with Crippen LogP contribution in [-0.4, -0.2) is 22.2 Å². The molecule has 1 unspecified atom stereocenters. The van der Waals surface area contributed by atoms with Crippen LogP contribution in [0.15, 0.2) is 22.7 Å². The van der Waals surface area contributed by atoms with Gasteiger partial charge in [-0.25, -0.2) is 0 Å². The van der Waals surface area contributed by atoms with Gasteiger partial charge in [0, 0.05) is 29.5 Å². The summed E-state index contributed by atoms with van der Waals surface area (Å²) in [6, 6.07) is 4.58. The van der Waals surface area contributed by atoms with E-state index >= 15 is 0 Å². The second kappa shape index (κ2) is 4.73. The van der Waals surface area contributed by atoms with Gasteiger partial charge in [-0.1, -0.05) is 15.9 Å². The lowest BCUT2D eigenvalue weighted by atomic mass is 10.2. The van der Waals surface area contributed by atoms with Gasteiger partial charge in [0.2, 0.25) is 5.91 Å². The van der Waals surface area contributed by atoms with Crippen LogP contribution in [0.4, 0.5) is 11.4 Å². The Balaban J connectivity index is 2.32. The summed E-state index contributed by atoms with van der Waals surface area (Å²) in [5, 5.41) is 10.7. The molecule has 2 rings (SSSR count). The standard InChI is InChI=1S/C10H8Br2N2O3/c11-6-3-10(15)13(5-6)7-1-2-9(14(16)17)8(12)4-7/h1-2,4,6H,3,5H2. The number of carbonyl (C=O) groups excluding carboxylic acids is 1. The smallest absolute Gasteiger partial charge is 0.283 e. The van der Waals surface area contributed by atoms with Gasteiger partial charge in [-0.15, -0.1) is 0 Å². The predicted octanol–water partition coefficient (Wildman–Crippen LogP) is 2.86. The fourth-order valence-electron chi connectivity index (χ4n) is 1.73. The molecule has 0 radical (unpaired) electrons. The SMILES string of the molecule is O=C1CC(Br)CN1c1ccc([N+](=O)[O-])c(Br)c1. The molecular weight excluding hydrogens is 356 g/mol. The predicted molar refractivity (Wildman–Crippen MR) is 70.5 cm³/mol. The summed E-state index contributed by atoms with van der Waals surface area (Å²) in [7, 11) is 0. The molecule has 0 N–H and O–H groups in total. The maximum Gasteiger partial charge on any atom is 0.283 e. The molecule has 1 fully saturated rings. The molecule has 1 aromatic rings. The fourth-order valence-corrected chi connectivity index (χ4v) is 2.80. The minimum atomic E-state index is -0.465. The molecule has 90 valence electrons. The second-order valence-corrected chi connectivity index (χ2v) is 5.85. The van der Waals surface area contributed by atoms with Gasteiger partial charge in [-0.2, -0.15) is 0 Å². The number of nitro groups is 1. The van der Waals surface area contributed by atoms with E-state index in [1.807, 2.05) is 0 Å². The molecule has 0 bridgehead atoms. The molecule has 0 aromatic heterocycles. The number of anilines is 1. The number of nitro benzene ring substituents is 1. The van der Waals surface area contributed by atoms with E-state index in [1.54, 1.807) is 17.0 Å². The van der Waals surface area contributed by atoms with Crippen LogP contribution >= 0.6 is 31.9 Å². The molecule has 1 atom stereocenters. The van der Waals surface area contributed by atoms with Gasteiger partial charge in [0.05, 0.1) is 9.40 Å². The molecule has 0 aliphatic carbocycles. The highest BCUT2D eigenvalue weighted by molar-refractivity contribution is 9.10. The number of amides is 1. The molecule has 5 nitrogen and oxygen atoms in total. The molecule has 1 amide bonds. The first-order valence-electron chi connectivity index (χ1n) is 4.87. The van der Waals surface area contributed by atoms with Crippen LogP contribution in [0.2, 0.25) is 0 Å². The van der Waals surface area contributed by atoms with Gasteiger partial charge in [0.1, 0.15) is 0 Å². The normalized spacial score (nSPS) is 19.8. The lowest BCUT2D eigenvalue weighted by molar-refractivity contribution is -0.385. The van der Waals surface area contributed by atoms with Gasteiger partial charge in [0.15, 0.2) is 0 Å². The Hall–Kier alpha value is -0.950. The van der Waals surface area contributed by atoms with Crippen LogP contribution in [0, 0.1) is 10.1 Å². The lowest BCUT2D eigenvalue weighted by Gasteiger charge is -2.15. The largest absolute Gasteiger partial charge is 0.311 e. The Morgan fingerprint density at radius 1 is 1.47 bits per heavy atom. The van der Waals surface area contributed by atoms with Crippen LogP contribution in [0.25, 0.3) is 0 Å². The van der Waals surface area contributed by atoms with Crippen molar-refractivity contribution in [1.82, 2.24) is 0 Å². The van der Waals surface area contributed by atoms with Crippen LogP contribution in [0.5, 0.6) is 0 Å². The first-order chi connectivity index (χ1) is 7.99. The average Bonchev–Trinajstić information content (AvgIpc) is 2.57. The van der Waals surface area contributed by atoms with Crippen molar-refractivity contribution in [3.63, 3.8) is 0 Å². The number of nitrogens with zero attached hydrogens (tertiary/aromatic N) is 2. The molecule has 1 aliphatic rings. The summed E-state index contributed by atoms with van der Waals surface area (Å²) < 4.78 is 0.380. The third kappa shape index (κ3) is 2.50. The second-order valence-electron chi connectivity index (χ2n) is 3.70. The number of halogens is 2. The minimum Gasteiger partial charge on any atom is -0.311 e. The summed E-state index contributed by atoms with van der Waals surface area (Å²) in [6.45, 7) is 0.586. The molecule has 1 heterocycles. The monoisotopic (exact) mass is 362 g/mol. The van der Waals surface area contributed by atoms with Crippen molar-refractivity contribution in [2.24, 2.45) is 0 Å². The number of carbonyl (C=O) groups is 1. The topological polar surface area (TPSA) is 63.5 Å². The quantitative estimate of drug-likeness (QED) is 0.461. The zero-order valence-corrected chi connectivity index (χ0v) is 11.8.